The minimum absolute atomic E-state index is 0.00624. The topological polar surface area (TPSA) is 83.8 Å². The highest BCUT2D eigenvalue weighted by Crippen LogP contribution is 2.27. The molecule has 0 aliphatic rings. The molecule has 3 aromatic rings. The summed E-state index contributed by atoms with van der Waals surface area (Å²) >= 11 is 0. The van der Waals surface area contributed by atoms with Gasteiger partial charge in [-0.2, -0.15) is 5.10 Å². The van der Waals surface area contributed by atoms with Gasteiger partial charge < -0.3 is 10.1 Å². The van der Waals surface area contributed by atoms with Gasteiger partial charge in [0.25, 0.3) is 5.56 Å². The van der Waals surface area contributed by atoms with Crippen LogP contribution < -0.4 is 5.56 Å². The van der Waals surface area contributed by atoms with Gasteiger partial charge in [0.1, 0.15) is 11.3 Å². The van der Waals surface area contributed by atoms with E-state index in [4.69, 9.17) is 0 Å². The first-order valence-corrected chi connectivity index (χ1v) is 7.66. The van der Waals surface area contributed by atoms with Crippen LogP contribution in [0.15, 0.2) is 29.1 Å². The molecule has 0 saturated carbocycles. The van der Waals surface area contributed by atoms with Gasteiger partial charge in [0.05, 0.1) is 18.8 Å². The molecule has 0 bridgehead atoms. The molecule has 2 aromatic heterocycles. The van der Waals surface area contributed by atoms with Gasteiger partial charge in [-0.15, -0.1) is 0 Å². The number of benzene rings is 1. The van der Waals surface area contributed by atoms with Gasteiger partial charge in [0.15, 0.2) is 5.52 Å². The summed E-state index contributed by atoms with van der Waals surface area (Å²) in [5.74, 6) is 0.565. The fraction of sp³-hybridized carbons (Fsp3) is 0.353. The summed E-state index contributed by atoms with van der Waals surface area (Å²) in [5.41, 5.74) is 3.86. The largest absolute Gasteiger partial charge is 0.394 e. The van der Waals surface area contributed by atoms with Gasteiger partial charge in [-0.25, -0.2) is 4.98 Å². The molecule has 0 unspecified atom stereocenters. The Kier molecular flexibility index (Phi) is 4.00. The Labute approximate surface area is 133 Å². The molecule has 0 saturated heterocycles. The third-order valence-electron chi connectivity index (χ3n) is 4.04. The monoisotopic (exact) mass is 312 g/mol. The maximum atomic E-state index is 12.3. The smallest absolute Gasteiger partial charge is 0.277 e. The zero-order valence-corrected chi connectivity index (χ0v) is 13.5. The number of hydrogen-bond acceptors (Lipinski definition) is 4. The Balaban J connectivity index is 2.20. The molecule has 0 aliphatic carbocycles. The van der Waals surface area contributed by atoms with Crippen molar-refractivity contribution >= 4 is 11.0 Å². The number of nitrogens with zero attached hydrogens (tertiary/aromatic N) is 3. The van der Waals surface area contributed by atoms with E-state index < -0.39 is 0 Å². The van der Waals surface area contributed by atoms with Crippen LogP contribution in [0.3, 0.4) is 0 Å². The van der Waals surface area contributed by atoms with Crippen molar-refractivity contribution in [2.45, 2.75) is 33.2 Å². The third kappa shape index (κ3) is 2.77. The summed E-state index contributed by atoms with van der Waals surface area (Å²) in [7, 11) is 0. The summed E-state index contributed by atoms with van der Waals surface area (Å²) < 4.78 is 1.54. The molecule has 6 nitrogen and oxygen atoms in total. The lowest BCUT2D eigenvalue weighted by Crippen LogP contribution is -2.15. The number of aromatic amines is 1. The molecule has 0 amide bonds. The number of aryl methyl sites for hydroxylation is 2. The Morgan fingerprint density at radius 2 is 1.96 bits per heavy atom. The summed E-state index contributed by atoms with van der Waals surface area (Å²) in [6.07, 6.45) is 0. The van der Waals surface area contributed by atoms with Crippen molar-refractivity contribution in [2.24, 2.45) is 0 Å². The van der Waals surface area contributed by atoms with Crippen molar-refractivity contribution in [3.05, 3.63) is 57.3 Å². The van der Waals surface area contributed by atoms with Gasteiger partial charge in [-0.05, 0) is 19.4 Å². The van der Waals surface area contributed by atoms with E-state index in [9.17, 15) is 9.90 Å². The molecule has 2 N–H and O–H groups in total. The number of H-pyrrole nitrogens is 1. The lowest BCUT2D eigenvalue weighted by molar-refractivity contribution is 0.271. The van der Waals surface area contributed by atoms with E-state index >= 15 is 0 Å². The fourth-order valence-corrected chi connectivity index (χ4v) is 2.79. The number of fused-ring (bicyclic) bond motifs is 1. The summed E-state index contributed by atoms with van der Waals surface area (Å²) in [4.78, 5) is 19.5. The van der Waals surface area contributed by atoms with Gasteiger partial charge >= 0.3 is 0 Å². The van der Waals surface area contributed by atoms with Crippen molar-refractivity contribution in [1.82, 2.24) is 19.7 Å². The van der Waals surface area contributed by atoms with Gasteiger partial charge in [0.2, 0.25) is 0 Å². The molecule has 1 aromatic carbocycles. The molecule has 0 spiro atoms. The van der Waals surface area contributed by atoms with E-state index in [1.165, 1.54) is 5.56 Å². The number of aliphatic hydroxyl groups excluding tert-OH is 1. The average Bonchev–Trinajstić information content (AvgIpc) is 2.86. The molecule has 0 aliphatic heterocycles. The maximum absolute atomic E-state index is 12.3. The molecule has 120 valence electrons. The van der Waals surface area contributed by atoms with Gasteiger partial charge in [-0.3, -0.25) is 9.48 Å². The Hall–Kier alpha value is -2.47. The van der Waals surface area contributed by atoms with E-state index in [1.807, 2.05) is 13.8 Å². The highest BCUT2D eigenvalue weighted by atomic mass is 16.3. The summed E-state index contributed by atoms with van der Waals surface area (Å²) in [5, 5.41) is 13.8. The zero-order valence-electron chi connectivity index (χ0n) is 13.5. The number of nitrogens with one attached hydrogen (secondary N) is 1. The first kappa shape index (κ1) is 15.4. The Morgan fingerprint density at radius 3 is 2.61 bits per heavy atom. The van der Waals surface area contributed by atoms with E-state index in [0.717, 1.165) is 11.3 Å². The first-order valence-electron chi connectivity index (χ1n) is 7.66. The van der Waals surface area contributed by atoms with Gasteiger partial charge in [-0.1, -0.05) is 36.8 Å². The quantitative estimate of drug-likeness (QED) is 0.770. The molecule has 6 heteroatoms. The predicted octanol–water partition coefficient (Wildman–Crippen LogP) is 1.88. The second kappa shape index (κ2) is 5.96. The van der Waals surface area contributed by atoms with Crippen LogP contribution in [0, 0.1) is 13.8 Å². The zero-order chi connectivity index (χ0) is 16.6. The van der Waals surface area contributed by atoms with Crippen LogP contribution in [0.2, 0.25) is 0 Å². The third-order valence-corrected chi connectivity index (χ3v) is 4.04. The van der Waals surface area contributed by atoms with Crippen molar-refractivity contribution in [1.29, 1.82) is 0 Å². The number of hydrogen-bond donors (Lipinski definition) is 2. The lowest BCUT2D eigenvalue weighted by atomic mass is 9.96. The van der Waals surface area contributed by atoms with E-state index in [0.29, 0.717) is 16.9 Å². The van der Waals surface area contributed by atoms with Crippen LogP contribution in [0.1, 0.15) is 35.5 Å². The number of aromatic nitrogens is 4. The van der Waals surface area contributed by atoms with Crippen molar-refractivity contribution in [2.75, 3.05) is 6.61 Å². The first-order chi connectivity index (χ1) is 11.0. The molecule has 0 fully saturated rings. The molecular weight excluding hydrogens is 292 g/mol. The highest BCUT2D eigenvalue weighted by molar-refractivity contribution is 5.77. The number of rotatable bonds is 4. The Bertz CT molecular complexity index is 893. The highest BCUT2D eigenvalue weighted by Gasteiger charge is 2.21. The van der Waals surface area contributed by atoms with Crippen LogP contribution in [-0.2, 0) is 6.54 Å². The molecule has 2 heterocycles. The van der Waals surface area contributed by atoms with Crippen LogP contribution >= 0.6 is 0 Å². The predicted molar refractivity (Wildman–Crippen MR) is 88.7 cm³/mol. The molecule has 0 radical (unpaired) electrons. The normalized spacial score (nSPS) is 12.7. The minimum Gasteiger partial charge on any atom is -0.394 e. The van der Waals surface area contributed by atoms with Crippen molar-refractivity contribution < 1.29 is 5.11 Å². The SMILES string of the molecule is Cc1ccc([C@H](C)c2nn(CCO)c3c(=O)[nH]c(C)nc23)cc1. The van der Waals surface area contributed by atoms with E-state index in [-0.39, 0.29) is 24.6 Å². The molecule has 23 heavy (non-hydrogen) atoms. The fourth-order valence-electron chi connectivity index (χ4n) is 2.79. The lowest BCUT2D eigenvalue weighted by Gasteiger charge is -2.10. The van der Waals surface area contributed by atoms with E-state index in [2.05, 4.69) is 39.3 Å². The van der Waals surface area contributed by atoms with Crippen molar-refractivity contribution in [3.8, 4) is 0 Å². The standard InChI is InChI=1S/C17H20N4O2/c1-10-4-6-13(7-5-10)11(2)14-15-16(21(20-14)8-9-22)17(23)19-12(3)18-15/h4-7,11,22H,8-9H2,1-3H3,(H,18,19,23)/t11-/m0/s1. The summed E-state index contributed by atoms with van der Waals surface area (Å²) in [6, 6.07) is 8.25. The second-order valence-electron chi connectivity index (χ2n) is 5.81. The summed E-state index contributed by atoms with van der Waals surface area (Å²) in [6.45, 7) is 6.04. The maximum Gasteiger partial charge on any atom is 0.277 e. The van der Waals surface area contributed by atoms with Gasteiger partial charge in [0, 0.05) is 5.92 Å². The van der Waals surface area contributed by atoms with Crippen LogP contribution in [0.4, 0.5) is 0 Å². The van der Waals surface area contributed by atoms with Crippen LogP contribution in [-0.4, -0.2) is 31.5 Å². The minimum atomic E-state index is -0.226. The van der Waals surface area contributed by atoms with Crippen molar-refractivity contribution in [3.63, 3.8) is 0 Å². The van der Waals surface area contributed by atoms with E-state index in [1.54, 1.807) is 11.6 Å². The molecule has 1 atom stereocenters. The average molecular weight is 312 g/mol. The molecular formula is C17H20N4O2. The van der Waals surface area contributed by atoms with Crippen LogP contribution in [0.25, 0.3) is 11.0 Å². The molecule has 3 rings (SSSR count). The van der Waals surface area contributed by atoms with Crippen LogP contribution in [0.5, 0.6) is 0 Å². The Morgan fingerprint density at radius 1 is 1.26 bits per heavy atom. The number of aliphatic hydroxyl groups is 1. The second-order valence-corrected chi connectivity index (χ2v) is 5.81.